The highest BCUT2D eigenvalue weighted by Crippen LogP contribution is 2.15. The molecular formula is C10H13N5O3. The van der Waals surface area contributed by atoms with Crippen molar-refractivity contribution in [2.24, 2.45) is 0 Å². The third-order valence-electron chi connectivity index (χ3n) is 2.66. The molecule has 8 heteroatoms. The second-order valence-corrected chi connectivity index (χ2v) is 3.94. The second kappa shape index (κ2) is 4.94. The molecule has 0 aliphatic heterocycles. The number of carbonyl (C=O) groups is 1. The number of hydrogen-bond donors (Lipinski definition) is 1. The van der Waals surface area contributed by atoms with Gasteiger partial charge >= 0.3 is 5.97 Å². The highest BCUT2D eigenvalue weighted by Gasteiger charge is 2.14. The van der Waals surface area contributed by atoms with Crippen molar-refractivity contribution >= 4 is 5.97 Å². The van der Waals surface area contributed by atoms with E-state index in [1.165, 1.54) is 4.68 Å². The van der Waals surface area contributed by atoms with Crippen LogP contribution in [0.4, 0.5) is 0 Å². The Kier molecular flexibility index (Phi) is 3.35. The molecule has 0 atom stereocenters. The van der Waals surface area contributed by atoms with Gasteiger partial charge in [-0.25, -0.2) is 4.68 Å². The van der Waals surface area contributed by atoms with Gasteiger partial charge in [-0.3, -0.25) is 4.79 Å². The van der Waals surface area contributed by atoms with E-state index in [2.05, 4.69) is 20.7 Å². The van der Waals surface area contributed by atoms with Crippen LogP contribution in [-0.2, 0) is 17.8 Å². The molecule has 0 unspecified atom stereocenters. The van der Waals surface area contributed by atoms with E-state index >= 15 is 0 Å². The summed E-state index contributed by atoms with van der Waals surface area (Å²) < 4.78 is 6.55. The average molecular weight is 251 g/mol. The normalized spacial score (nSPS) is 10.8. The standard InChI is InChI=1S/C10H13N5O3/c1-6-8(7(2)18-12-6)5-9-11-13-14-15(9)4-3-10(16)17/h3-5H2,1-2H3,(H,16,17). The van der Waals surface area contributed by atoms with Gasteiger partial charge in [0, 0.05) is 12.0 Å². The monoisotopic (exact) mass is 251 g/mol. The van der Waals surface area contributed by atoms with Gasteiger partial charge in [-0.1, -0.05) is 5.16 Å². The minimum Gasteiger partial charge on any atom is -0.481 e. The van der Waals surface area contributed by atoms with E-state index in [9.17, 15) is 4.79 Å². The molecule has 0 aliphatic rings. The Labute approximate surface area is 103 Å². The number of tetrazole rings is 1. The summed E-state index contributed by atoms with van der Waals surface area (Å²) in [7, 11) is 0. The van der Waals surface area contributed by atoms with Gasteiger partial charge in [0.05, 0.1) is 18.7 Å². The van der Waals surface area contributed by atoms with E-state index in [1.54, 1.807) is 0 Å². The number of carboxylic acids is 1. The fraction of sp³-hybridized carbons (Fsp3) is 0.500. The Bertz CT molecular complexity index is 540. The van der Waals surface area contributed by atoms with Crippen molar-refractivity contribution in [1.29, 1.82) is 0 Å². The second-order valence-electron chi connectivity index (χ2n) is 3.94. The van der Waals surface area contributed by atoms with Crippen molar-refractivity contribution in [3.05, 3.63) is 22.8 Å². The number of hydrogen-bond acceptors (Lipinski definition) is 6. The van der Waals surface area contributed by atoms with Crippen LogP contribution in [0.1, 0.15) is 29.3 Å². The van der Waals surface area contributed by atoms with Crippen molar-refractivity contribution in [3.63, 3.8) is 0 Å². The molecule has 0 saturated carbocycles. The summed E-state index contributed by atoms with van der Waals surface area (Å²) in [6.07, 6.45) is 0.466. The highest BCUT2D eigenvalue weighted by molar-refractivity contribution is 5.66. The number of rotatable bonds is 5. The van der Waals surface area contributed by atoms with Crippen LogP contribution in [0.3, 0.4) is 0 Å². The zero-order valence-corrected chi connectivity index (χ0v) is 10.1. The maximum absolute atomic E-state index is 10.5. The van der Waals surface area contributed by atoms with Crippen molar-refractivity contribution in [3.8, 4) is 0 Å². The molecule has 96 valence electrons. The molecule has 0 aliphatic carbocycles. The molecule has 0 radical (unpaired) electrons. The fourth-order valence-corrected chi connectivity index (χ4v) is 1.64. The molecular weight excluding hydrogens is 238 g/mol. The lowest BCUT2D eigenvalue weighted by Gasteiger charge is -2.02. The number of nitrogens with zero attached hydrogens (tertiary/aromatic N) is 5. The first-order valence-corrected chi connectivity index (χ1v) is 5.46. The predicted octanol–water partition coefficient (Wildman–Crippen LogP) is 0.343. The molecule has 0 bridgehead atoms. The Morgan fingerprint density at radius 2 is 2.22 bits per heavy atom. The first-order valence-electron chi connectivity index (χ1n) is 5.46. The first kappa shape index (κ1) is 12.2. The molecule has 0 aromatic carbocycles. The topological polar surface area (TPSA) is 107 Å². The van der Waals surface area contributed by atoms with Crippen LogP contribution < -0.4 is 0 Å². The van der Waals surface area contributed by atoms with Gasteiger partial charge in [0.2, 0.25) is 0 Å². The fourth-order valence-electron chi connectivity index (χ4n) is 1.64. The van der Waals surface area contributed by atoms with Crippen LogP contribution >= 0.6 is 0 Å². The van der Waals surface area contributed by atoms with Crippen LogP contribution in [0.25, 0.3) is 0 Å². The van der Waals surface area contributed by atoms with Gasteiger partial charge < -0.3 is 9.63 Å². The molecule has 18 heavy (non-hydrogen) atoms. The average Bonchev–Trinajstić information content (AvgIpc) is 2.88. The molecule has 0 saturated heterocycles. The summed E-state index contributed by atoms with van der Waals surface area (Å²) in [5.41, 5.74) is 1.72. The quantitative estimate of drug-likeness (QED) is 0.816. The Hall–Kier alpha value is -2.25. The maximum Gasteiger partial charge on any atom is 0.305 e. The van der Waals surface area contributed by atoms with E-state index in [-0.39, 0.29) is 13.0 Å². The third-order valence-corrected chi connectivity index (χ3v) is 2.66. The number of aliphatic carboxylic acids is 1. The number of aromatic nitrogens is 5. The van der Waals surface area contributed by atoms with Gasteiger partial charge in [0.1, 0.15) is 5.76 Å². The van der Waals surface area contributed by atoms with E-state index in [1.807, 2.05) is 13.8 Å². The summed E-state index contributed by atoms with van der Waals surface area (Å²) >= 11 is 0. The van der Waals surface area contributed by atoms with E-state index in [0.717, 1.165) is 17.0 Å². The molecule has 0 amide bonds. The molecule has 2 aromatic heterocycles. The van der Waals surface area contributed by atoms with Crippen LogP contribution in [0, 0.1) is 13.8 Å². The summed E-state index contributed by atoms with van der Waals surface area (Å²) in [4.78, 5) is 10.5. The zero-order valence-electron chi connectivity index (χ0n) is 10.1. The van der Waals surface area contributed by atoms with Crippen LogP contribution in [0.15, 0.2) is 4.52 Å². The van der Waals surface area contributed by atoms with Crippen molar-refractivity contribution in [2.45, 2.75) is 33.2 Å². The Balaban J connectivity index is 2.15. The Morgan fingerprint density at radius 1 is 1.44 bits per heavy atom. The minimum atomic E-state index is -0.881. The maximum atomic E-state index is 10.5. The smallest absolute Gasteiger partial charge is 0.305 e. The summed E-state index contributed by atoms with van der Waals surface area (Å²) in [5, 5.41) is 23.7. The van der Waals surface area contributed by atoms with Crippen molar-refractivity contribution < 1.29 is 14.4 Å². The van der Waals surface area contributed by atoms with E-state index in [4.69, 9.17) is 9.63 Å². The van der Waals surface area contributed by atoms with E-state index in [0.29, 0.717) is 12.2 Å². The molecule has 0 fully saturated rings. The summed E-state index contributed by atoms with van der Waals surface area (Å²) in [5.74, 6) is 0.444. The first-order chi connectivity index (χ1) is 8.58. The van der Waals surface area contributed by atoms with Gasteiger partial charge in [0.25, 0.3) is 0 Å². The summed E-state index contributed by atoms with van der Waals surface area (Å²) in [6.45, 7) is 3.92. The molecule has 1 N–H and O–H groups in total. The molecule has 2 heterocycles. The molecule has 2 aromatic rings. The van der Waals surface area contributed by atoms with E-state index < -0.39 is 5.97 Å². The van der Waals surface area contributed by atoms with Gasteiger partial charge in [-0.15, -0.1) is 5.10 Å². The van der Waals surface area contributed by atoms with Crippen LogP contribution in [0.5, 0.6) is 0 Å². The zero-order chi connectivity index (χ0) is 13.1. The number of carboxylic acid groups (broad SMARTS) is 1. The predicted molar refractivity (Wildman–Crippen MR) is 58.9 cm³/mol. The lowest BCUT2D eigenvalue weighted by atomic mass is 10.1. The van der Waals surface area contributed by atoms with Crippen molar-refractivity contribution in [2.75, 3.05) is 0 Å². The van der Waals surface area contributed by atoms with Gasteiger partial charge in [0.15, 0.2) is 5.82 Å². The highest BCUT2D eigenvalue weighted by atomic mass is 16.5. The lowest BCUT2D eigenvalue weighted by molar-refractivity contribution is -0.137. The summed E-state index contributed by atoms with van der Waals surface area (Å²) in [6, 6.07) is 0. The molecule has 8 nitrogen and oxygen atoms in total. The van der Waals surface area contributed by atoms with Crippen molar-refractivity contribution in [1.82, 2.24) is 25.4 Å². The van der Waals surface area contributed by atoms with Gasteiger partial charge in [-0.2, -0.15) is 0 Å². The SMILES string of the molecule is Cc1noc(C)c1Cc1nnnn1CCC(=O)O. The minimum absolute atomic E-state index is 0.0142. The Morgan fingerprint density at radius 3 is 2.83 bits per heavy atom. The number of aryl methyl sites for hydroxylation is 3. The molecule has 2 rings (SSSR count). The largest absolute Gasteiger partial charge is 0.481 e. The molecule has 0 spiro atoms. The third kappa shape index (κ3) is 2.53. The van der Waals surface area contributed by atoms with Gasteiger partial charge in [-0.05, 0) is 24.3 Å². The van der Waals surface area contributed by atoms with Crippen LogP contribution in [0.2, 0.25) is 0 Å². The lowest BCUT2D eigenvalue weighted by Crippen LogP contribution is -2.10. The van der Waals surface area contributed by atoms with Crippen LogP contribution in [-0.4, -0.2) is 36.4 Å².